The molecule has 2 aromatic carbocycles. The highest BCUT2D eigenvalue weighted by molar-refractivity contribution is 5.44. The number of β-amino-alcohol motifs (C(OH)–C–C–N with tert-alkyl or cyclic N) is 1. The van der Waals surface area contributed by atoms with Gasteiger partial charge in [0.05, 0.1) is 6.54 Å². The zero-order valence-corrected chi connectivity index (χ0v) is 21.3. The Morgan fingerprint density at radius 1 is 1.08 bits per heavy atom. The lowest BCUT2D eigenvalue weighted by molar-refractivity contribution is -0.347. The number of likely N-dealkylation sites (N-methyl/N-ethyl adjacent to an activating group) is 1. The summed E-state index contributed by atoms with van der Waals surface area (Å²) in [7, 11) is 1.94. The Kier molecular flexibility index (Phi) is 5.84. The van der Waals surface area contributed by atoms with E-state index in [1.54, 1.807) is 12.1 Å². The molecule has 0 radical (unpaired) electrons. The number of alkyl halides is 2. The number of tetrazole rings is 1. The molecule has 2 heterocycles. The van der Waals surface area contributed by atoms with Crippen LogP contribution in [0.5, 0.6) is 5.75 Å². The molecule has 3 aliphatic carbocycles. The third-order valence-electron chi connectivity index (χ3n) is 8.87. The summed E-state index contributed by atoms with van der Waals surface area (Å²) in [5.41, 5.74) is -5.79. The number of hydrogen-bond donors (Lipinski definition) is 2. The molecule has 7 rings (SSSR count). The second-order valence-electron chi connectivity index (χ2n) is 11.7. The summed E-state index contributed by atoms with van der Waals surface area (Å²) in [6, 6.07) is 9.39. The largest absolute Gasteiger partial charge is 0.491 e. The summed E-state index contributed by atoms with van der Waals surface area (Å²) >= 11 is 0. The van der Waals surface area contributed by atoms with Gasteiger partial charge in [0.15, 0.2) is 5.60 Å². The molecular formula is C27H29F4N5O3. The molecule has 12 heteroatoms. The Labute approximate surface area is 222 Å². The van der Waals surface area contributed by atoms with Gasteiger partial charge in [-0.3, -0.25) is 0 Å². The molecule has 1 aliphatic heterocycles. The van der Waals surface area contributed by atoms with Gasteiger partial charge in [-0.2, -0.15) is 0 Å². The Morgan fingerprint density at radius 2 is 1.79 bits per heavy atom. The molecule has 4 aliphatic rings. The summed E-state index contributed by atoms with van der Waals surface area (Å²) in [4.78, 5) is 2.04. The average molecular weight is 548 g/mol. The first-order chi connectivity index (χ1) is 18.4. The van der Waals surface area contributed by atoms with Crippen molar-refractivity contribution >= 4 is 0 Å². The highest BCUT2D eigenvalue weighted by Gasteiger charge is 2.82. The quantitative estimate of drug-likeness (QED) is 0.398. The van der Waals surface area contributed by atoms with Gasteiger partial charge in [0.1, 0.15) is 35.9 Å². The topological polar surface area (TPSA) is 96.5 Å². The third-order valence-corrected chi connectivity index (χ3v) is 8.87. The lowest BCUT2D eigenvalue weighted by Crippen LogP contribution is -2.76. The summed E-state index contributed by atoms with van der Waals surface area (Å²) in [6.07, 6.45) is 1.97. The first-order valence-corrected chi connectivity index (χ1v) is 12.8. The van der Waals surface area contributed by atoms with Crippen LogP contribution in [0.3, 0.4) is 0 Å². The lowest BCUT2D eigenvalue weighted by atomic mass is 9.30. The van der Waals surface area contributed by atoms with E-state index in [0.29, 0.717) is 24.8 Å². The number of hydrogen-bond acceptors (Lipinski definition) is 7. The minimum atomic E-state index is -3.78. The highest BCUT2D eigenvalue weighted by atomic mass is 19.3. The van der Waals surface area contributed by atoms with Crippen LogP contribution in [0.25, 0.3) is 0 Å². The number of aromatic nitrogens is 4. The second kappa shape index (κ2) is 8.70. The summed E-state index contributed by atoms with van der Waals surface area (Å²) < 4.78 is 67.7. The van der Waals surface area contributed by atoms with Gasteiger partial charge >= 0.3 is 0 Å². The number of nitrogens with zero attached hydrogens (tertiary/aromatic N) is 5. The molecule has 1 saturated heterocycles. The molecule has 0 amide bonds. The van der Waals surface area contributed by atoms with Gasteiger partial charge in [-0.1, -0.05) is 12.1 Å². The number of likely N-dealkylation sites (tertiary alicyclic amines) is 1. The molecule has 39 heavy (non-hydrogen) atoms. The maximum atomic E-state index is 16.3. The summed E-state index contributed by atoms with van der Waals surface area (Å²) in [5, 5.41) is 32.5. The van der Waals surface area contributed by atoms with Crippen molar-refractivity contribution in [3.8, 4) is 5.75 Å². The smallest absolute Gasteiger partial charge is 0.287 e. The highest BCUT2D eigenvalue weighted by Crippen LogP contribution is 2.80. The van der Waals surface area contributed by atoms with Crippen LogP contribution in [-0.4, -0.2) is 73.6 Å². The number of ether oxygens (including phenoxy) is 1. The standard InChI is InChI=1S/C27H29F4N5O3/c1-35-9-8-25(37,14-35)16-39-20-5-2-18(3-6-20)23-11-24(12-23,13-23)27(30,31)26(38,15-36-17-32-33-34-36)21-7-4-19(28)10-22(21)29/h2-7,10,17,37-38H,8-9,11-16H2,1H3/t23?,24?,25?,26-/m0/s1. The maximum absolute atomic E-state index is 16.3. The van der Waals surface area contributed by atoms with E-state index in [1.165, 1.54) is 0 Å². The van der Waals surface area contributed by atoms with Gasteiger partial charge in [0.25, 0.3) is 5.92 Å². The minimum absolute atomic E-state index is 0.0972. The number of halogens is 4. The molecule has 3 saturated carbocycles. The normalized spacial score (nSPS) is 29.9. The molecule has 2 atom stereocenters. The lowest BCUT2D eigenvalue weighted by Gasteiger charge is -2.74. The van der Waals surface area contributed by atoms with E-state index in [0.717, 1.165) is 35.3 Å². The zero-order valence-electron chi connectivity index (χ0n) is 21.3. The number of rotatable bonds is 9. The van der Waals surface area contributed by atoms with Crippen LogP contribution in [0.4, 0.5) is 17.6 Å². The van der Waals surface area contributed by atoms with Crippen LogP contribution >= 0.6 is 0 Å². The van der Waals surface area contributed by atoms with Gasteiger partial charge in [-0.05, 0) is 78.4 Å². The first kappa shape index (κ1) is 26.1. The Bertz CT molecular complexity index is 1350. The predicted octanol–water partition coefficient (Wildman–Crippen LogP) is 3.04. The van der Waals surface area contributed by atoms with Crippen LogP contribution in [0.2, 0.25) is 0 Å². The Morgan fingerprint density at radius 3 is 2.38 bits per heavy atom. The molecule has 208 valence electrons. The van der Waals surface area contributed by atoms with Crippen molar-refractivity contribution < 1.29 is 32.5 Å². The van der Waals surface area contributed by atoms with Gasteiger partial charge in [-0.25, -0.2) is 22.2 Å². The van der Waals surface area contributed by atoms with Crippen LogP contribution in [0.15, 0.2) is 48.8 Å². The molecule has 2 bridgehead atoms. The fourth-order valence-electron chi connectivity index (χ4n) is 6.83. The monoisotopic (exact) mass is 547 g/mol. The summed E-state index contributed by atoms with van der Waals surface area (Å²) in [5.74, 6) is -5.41. The molecule has 3 aromatic rings. The van der Waals surface area contributed by atoms with Crippen molar-refractivity contribution in [3.63, 3.8) is 0 Å². The van der Waals surface area contributed by atoms with Crippen molar-refractivity contribution in [3.05, 3.63) is 71.6 Å². The SMILES string of the molecule is CN1CCC(O)(COc2ccc(C34CC(C(F)(F)[C@](O)(Cn5cnnn5)c5ccc(F)cc5F)(C3)C4)cc2)C1. The van der Waals surface area contributed by atoms with E-state index in [1.807, 2.05) is 24.1 Å². The van der Waals surface area contributed by atoms with Crippen molar-refractivity contribution in [1.29, 1.82) is 0 Å². The number of aliphatic hydroxyl groups is 2. The zero-order chi connectivity index (χ0) is 27.7. The van der Waals surface area contributed by atoms with Gasteiger partial charge in [0, 0.05) is 30.1 Å². The van der Waals surface area contributed by atoms with Crippen molar-refractivity contribution in [2.75, 3.05) is 26.7 Å². The fraction of sp³-hybridized carbons (Fsp3) is 0.519. The van der Waals surface area contributed by atoms with E-state index in [9.17, 15) is 19.0 Å². The van der Waals surface area contributed by atoms with E-state index < -0.39 is 51.7 Å². The van der Waals surface area contributed by atoms with E-state index in [2.05, 4.69) is 15.5 Å². The number of benzene rings is 2. The van der Waals surface area contributed by atoms with E-state index in [-0.39, 0.29) is 25.9 Å². The van der Waals surface area contributed by atoms with Crippen molar-refractivity contribution in [1.82, 2.24) is 25.1 Å². The van der Waals surface area contributed by atoms with Crippen molar-refractivity contribution in [2.45, 2.75) is 54.8 Å². The molecule has 4 fully saturated rings. The summed E-state index contributed by atoms with van der Waals surface area (Å²) in [6.45, 7) is 0.688. The fourth-order valence-corrected chi connectivity index (χ4v) is 6.83. The maximum Gasteiger partial charge on any atom is 0.287 e. The molecule has 1 unspecified atom stereocenters. The molecular weight excluding hydrogens is 518 g/mol. The molecule has 8 nitrogen and oxygen atoms in total. The van der Waals surface area contributed by atoms with Crippen molar-refractivity contribution in [2.24, 2.45) is 5.41 Å². The van der Waals surface area contributed by atoms with Gasteiger partial charge in [0.2, 0.25) is 0 Å². The van der Waals surface area contributed by atoms with Crippen LogP contribution in [-0.2, 0) is 17.6 Å². The van der Waals surface area contributed by atoms with E-state index in [4.69, 9.17) is 4.74 Å². The van der Waals surface area contributed by atoms with Crippen LogP contribution < -0.4 is 4.74 Å². The molecule has 1 aromatic heterocycles. The van der Waals surface area contributed by atoms with Crippen LogP contribution in [0.1, 0.15) is 36.8 Å². The van der Waals surface area contributed by atoms with Crippen LogP contribution in [0, 0.1) is 17.0 Å². The first-order valence-electron chi connectivity index (χ1n) is 12.8. The van der Waals surface area contributed by atoms with Gasteiger partial charge < -0.3 is 19.8 Å². The predicted molar refractivity (Wildman–Crippen MR) is 130 cm³/mol. The average Bonchev–Trinajstić information content (AvgIpc) is 3.45. The van der Waals surface area contributed by atoms with E-state index >= 15 is 8.78 Å². The van der Waals surface area contributed by atoms with Gasteiger partial charge in [-0.15, -0.1) is 5.10 Å². The second-order valence-corrected chi connectivity index (χ2v) is 11.7. The Hall–Kier alpha value is -3.09. The minimum Gasteiger partial charge on any atom is -0.491 e. The molecule has 2 N–H and O–H groups in total. The Balaban J connectivity index is 1.19. The third kappa shape index (κ3) is 4.03. The molecule has 0 spiro atoms.